The molecule has 0 aromatic rings. The van der Waals surface area contributed by atoms with Crippen LogP contribution in [0.5, 0.6) is 0 Å². The molecule has 0 saturated heterocycles. The number of esters is 1. The SMILES string of the molecule is CCCCCCCCCCC(/C=C\C(C)CCCCCC)C(=O)OC(C)C(C)C. The molecule has 0 fully saturated rings. The van der Waals surface area contributed by atoms with Gasteiger partial charge in [0.25, 0.3) is 0 Å². The standard InChI is InChI=1S/C27H52O2/c1-7-9-11-13-14-15-16-18-20-26(27(28)29-25(6)23(3)4)22-21-24(5)19-17-12-10-8-2/h21-26H,7-20H2,1-6H3/b22-21-. The fraction of sp³-hybridized carbons (Fsp3) is 0.889. The van der Waals surface area contributed by atoms with Crippen LogP contribution in [0.4, 0.5) is 0 Å². The Balaban J connectivity index is 4.45. The van der Waals surface area contributed by atoms with Crippen LogP contribution in [0.25, 0.3) is 0 Å². The number of carbonyl (C=O) groups is 1. The van der Waals surface area contributed by atoms with E-state index in [-0.39, 0.29) is 18.0 Å². The van der Waals surface area contributed by atoms with Crippen molar-refractivity contribution in [2.45, 2.75) is 138 Å². The minimum Gasteiger partial charge on any atom is -0.462 e. The molecule has 0 aliphatic heterocycles. The fourth-order valence-electron chi connectivity index (χ4n) is 3.51. The van der Waals surface area contributed by atoms with Crippen molar-refractivity contribution in [3.63, 3.8) is 0 Å². The van der Waals surface area contributed by atoms with Crippen molar-refractivity contribution in [3.8, 4) is 0 Å². The second-order valence-electron chi connectivity index (χ2n) is 9.47. The molecule has 0 rings (SSSR count). The first-order valence-corrected chi connectivity index (χ1v) is 12.8. The minimum atomic E-state index is -0.0746. The molecule has 0 saturated carbocycles. The molecule has 2 heteroatoms. The summed E-state index contributed by atoms with van der Waals surface area (Å²) in [5.74, 6) is 0.811. The second kappa shape index (κ2) is 19.2. The smallest absolute Gasteiger partial charge is 0.313 e. The average Bonchev–Trinajstić information content (AvgIpc) is 2.69. The van der Waals surface area contributed by atoms with Gasteiger partial charge in [0.2, 0.25) is 0 Å². The topological polar surface area (TPSA) is 26.3 Å². The van der Waals surface area contributed by atoms with Crippen LogP contribution in [-0.4, -0.2) is 12.1 Å². The van der Waals surface area contributed by atoms with Gasteiger partial charge in [-0.1, -0.05) is 124 Å². The molecular weight excluding hydrogens is 356 g/mol. The third kappa shape index (κ3) is 16.7. The maximum atomic E-state index is 12.7. The highest BCUT2D eigenvalue weighted by molar-refractivity contribution is 5.74. The molecule has 0 aromatic carbocycles. The predicted octanol–water partition coefficient (Wildman–Crippen LogP) is 8.88. The van der Waals surface area contributed by atoms with Crippen molar-refractivity contribution in [1.29, 1.82) is 0 Å². The monoisotopic (exact) mass is 408 g/mol. The molecule has 0 amide bonds. The molecule has 0 aromatic heterocycles. The number of unbranched alkanes of at least 4 members (excludes halogenated alkanes) is 10. The van der Waals surface area contributed by atoms with Gasteiger partial charge in [0.15, 0.2) is 0 Å². The lowest BCUT2D eigenvalue weighted by atomic mass is 9.96. The zero-order valence-electron chi connectivity index (χ0n) is 20.7. The molecule has 0 heterocycles. The zero-order valence-corrected chi connectivity index (χ0v) is 20.7. The van der Waals surface area contributed by atoms with Crippen molar-refractivity contribution in [1.82, 2.24) is 0 Å². The van der Waals surface area contributed by atoms with Crippen LogP contribution in [0.1, 0.15) is 131 Å². The lowest BCUT2D eigenvalue weighted by molar-refractivity contribution is -0.153. The van der Waals surface area contributed by atoms with Crippen molar-refractivity contribution in [3.05, 3.63) is 12.2 Å². The van der Waals surface area contributed by atoms with Gasteiger partial charge in [0, 0.05) is 0 Å². The van der Waals surface area contributed by atoms with E-state index in [2.05, 4.69) is 46.8 Å². The Bertz CT molecular complexity index is 399. The average molecular weight is 409 g/mol. The third-order valence-corrected chi connectivity index (χ3v) is 6.10. The van der Waals surface area contributed by atoms with E-state index in [0.717, 1.165) is 12.8 Å². The Morgan fingerprint density at radius 3 is 1.72 bits per heavy atom. The van der Waals surface area contributed by atoms with Crippen molar-refractivity contribution in [2.75, 3.05) is 0 Å². The predicted molar refractivity (Wildman–Crippen MR) is 128 cm³/mol. The van der Waals surface area contributed by atoms with Crippen LogP contribution in [-0.2, 0) is 9.53 Å². The van der Waals surface area contributed by atoms with E-state index >= 15 is 0 Å². The van der Waals surface area contributed by atoms with Gasteiger partial charge in [0.05, 0.1) is 5.92 Å². The quantitative estimate of drug-likeness (QED) is 0.121. The number of rotatable bonds is 19. The van der Waals surface area contributed by atoms with Gasteiger partial charge in [-0.05, 0) is 31.6 Å². The van der Waals surface area contributed by atoms with E-state index in [1.807, 2.05) is 6.92 Å². The number of hydrogen-bond acceptors (Lipinski definition) is 2. The van der Waals surface area contributed by atoms with Crippen molar-refractivity contribution < 1.29 is 9.53 Å². The Labute approximate surface area is 183 Å². The van der Waals surface area contributed by atoms with Crippen LogP contribution in [0.2, 0.25) is 0 Å². The maximum absolute atomic E-state index is 12.7. The summed E-state index contributed by atoms with van der Waals surface area (Å²) >= 11 is 0. The Kier molecular flexibility index (Phi) is 18.7. The number of ether oxygens (including phenoxy) is 1. The van der Waals surface area contributed by atoms with Crippen LogP contribution < -0.4 is 0 Å². The van der Waals surface area contributed by atoms with E-state index in [9.17, 15) is 4.79 Å². The molecule has 0 bridgehead atoms. The van der Waals surface area contributed by atoms with Crippen LogP contribution in [0, 0.1) is 17.8 Å². The van der Waals surface area contributed by atoms with Crippen molar-refractivity contribution in [2.24, 2.45) is 17.8 Å². The van der Waals surface area contributed by atoms with Gasteiger partial charge in [-0.3, -0.25) is 4.79 Å². The van der Waals surface area contributed by atoms with E-state index in [1.54, 1.807) is 0 Å². The van der Waals surface area contributed by atoms with Gasteiger partial charge in [-0.2, -0.15) is 0 Å². The summed E-state index contributed by atoms with van der Waals surface area (Å²) in [6.45, 7) is 13.0. The Hall–Kier alpha value is -0.790. The number of carbonyl (C=O) groups excluding carboxylic acids is 1. The summed E-state index contributed by atoms with van der Waals surface area (Å²) in [5, 5.41) is 0. The molecular formula is C27H52O2. The highest BCUT2D eigenvalue weighted by Crippen LogP contribution is 2.20. The number of allylic oxidation sites excluding steroid dienone is 1. The molecule has 0 aliphatic carbocycles. The first-order valence-electron chi connectivity index (χ1n) is 12.8. The van der Waals surface area contributed by atoms with E-state index in [0.29, 0.717) is 11.8 Å². The summed E-state index contributed by atoms with van der Waals surface area (Å²) in [6, 6.07) is 0. The minimum absolute atomic E-state index is 0.0107. The van der Waals surface area contributed by atoms with Gasteiger partial charge in [-0.25, -0.2) is 0 Å². The molecule has 0 aliphatic rings. The summed E-state index contributed by atoms with van der Waals surface area (Å²) in [7, 11) is 0. The normalized spacial score (nSPS) is 15.0. The lowest BCUT2D eigenvalue weighted by Gasteiger charge is -2.20. The molecule has 0 radical (unpaired) electrons. The highest BCUT2D eigenvalue weighted by atomic mass is 16.5. The van der Waals surface area contributed by atoms with Gasteiger partial charge in [-0.15, -0.1) is 0 Å². The molecule has 3 unspecified atom stereocenters. The van der Waals surface area contributed by atoms with Gasteiger partial charge < -0.3 is 4.74 Å². The first-order chi connectivity index (χ1) is 13.9. The molecule has 172 valence electrons. The Morgan fingerprint density at radius 2 is 1.17 bits per heavy atom. The van der Waals surface area contributed by atoms with Crippen LogP contribution >= 0.6 is 0 Å². The van der Waals surface area contributed by atoms with Gasteiger partial charge in [0.1, 0.15) is 6.10 Å². The van der Waals surface area contributed by atoms with Crippen molar-refractivity contribution >= 4 is 5.97 Å². The largest absolute Gasteiger partial charge is 0.462 e. The lowest BCUT2D eigenvalue weighted by Crippen LogP contribution is -2.25. The van der Waals surface area contributed by atoms with E-state index < -0.39 is 0 Å². The summed E-state index contributed by atoms with van der Waals surface area (Å²) in [4.78, 5) is 12.7. The molecule has 29 heavy (non-hydrogen) atoms. The molecule has 3 atom stereocenters. The van der Waals surface area contributed by atoms with Crippen LogP contribution in [0.15, 0.2) is 12.2 Å². The maximum Gasteiger partial charge on any atom is 0.313 e. The summed E-state index contributed by atoms with van der Waals surface area (Å²) in [5.41, 5.74) is 0. The molecule has 0 N–H and O–H groups in total. The summed E-state index contributed by atoms with van der Waals surface area (Å²) < 4.78 is 5.75. The molecule has 0 spiro atoms. The Morgan fingerprint density at radius 1 is 0.690 bits per heavy atom. The van der Waals surface area contributed by atoms with E-state index in [4.69, 9.17) is 4.74 Å². The molecule has 2 nitrogen and oxygen atoms in total. The van der Waals surface area contributed by atoms with Gasteiger partial charge >= 0.3 is 5.97 Å². The number of hydrogen-bond donors (Lipinski definition) is 0. The van der Waals surface area contributed by atoms with E-state index in [1.165, 1.54) is 77.0 Å². The zero-order chi connectivity index (χ0) is 21.9. The summed E-state index contributed by atoms with van der Waals surface area (Å²) in [6.07, 6.45) is 22.2. The fourth-order valence-corrected chi connectivity index (χ4v) is 3.51. The first kappa shape index (κ1) is 28.2. The third-order valence-electron chi connectivity index (χ3n) is 6.10. The highest BCUT2D eigenvalue weighted by Gasteiger charge is 2.21. The second-order valence-corrected chi connectivity index (χ2v) is 9.47. The van der Waals surface area contributed by atoms with Crippen LogP contribution in [0.3, 0.4) is 0 Å².